The topological polar surface area (TPSA) is 17.8 Å². The minimum Gasteiger partial charge on any atom is -0.323 e. The summed E-state index contributed by atoms with van der Waals surface area (Å²) in [7, 11) is 0. The van der Waals surface area contributed by atoms with Crippen LogP contribution in [0.3, 0.4) is 0 Å². The predicted molar refractivity (Wildman–Crippen MR) is 87.0 cm³/mol. The molecular formula is C13H15Cl3N2S. The zero-order chi connectivity index (χ0) is 14.0. The third kappa shape index (κ3) is 2.99. The van der Waals surface area contributed by atoms with Crippen molar-refractivity contribution in [2.24, 2.45) is 0 Å². The van der Waals surface area contributed by atoms with Gasteiger partial charge in [0.2, 0.25) is 0 Å². The number of alkyl halides is 1. The first-order valence-corrected chi connectivity index (χ1v) is 8.71. The highest BCUT2D eigenvalue weighted by atomic mass is 35.5. The number of halogens is 3. The van der Waals surface area contributed by atoms with Gasteiger partial charge in [-0.1, -0.05) is 30.1 Å². The molecule has 0 aliphatic rings. The third-order valence-corrected chi connectivity index (χ3v) is 4.80. The van der Waals surface area contributed by atoms with Crippen LogP contribution in [0.4, 0.5) is 0 Å². The molecule has 2 nitrogen and oxygen atoms in total. The Morgan fingerprint density at radius 3 is 2.58 bits per heavy atom. The van der Waals surface area contributed by atoms with E-state index in [4.69, 9.17) is 34.8 Å². The van der Waals surface area contributed by atoms with Crippen molar-refractivity contribution in [3.63, 3.8) is 0 Å². The van der Waals surface area contributed by atoms with Crippen molar-refractivity contribution in [1.29, 1.82) is 0 Å². The van der Waals surface area contributed by atoms with Gasteiger partial charge in [-0.2, -0.15) is 11.8 Å². The second-order valence-corrected chi connectivity index (χ2v) is 6.30. The standard InChI is InChI=1S/C13H15Cl3N2S/c1-3-8(7-19-2)18-12-5-10(16)9(15)4-11(12)17-13(18)6-14/h4-5,8H,3,6-7H2,1-2H3. The number of thioether (sulfide) groups is 1. The first-order chi connectivity index (χ1) is 9.12. The Morgan fingerprint density at radius 2 is 2.00 bits per heavy atom. The van der Waals surface area contributed by atoms with Gasteiger partial charge in [0.15, 0.2) is 0 Å². The fourth-order valence-electron chi connectivity index (χ4n) is 2.21. The molecule has 1 atom stereocenters. The summed E-state index contributed by atoms with van der Waals surface area (Å²) in [6.07, 6.45) is 3.13. The monoisotopic (exact) mass is 336 g/mol. The van der Waals surface area contributed by atoms with E-state index in [1.807, 2.05) is 17.8 Å². The first-order valence-electron chi connectivity index (χ1n) is 6.03. The maximum atomic E-state index is 6.13. The van der Waals surface area contributed by atoms with Crippen LogP contribution in [0.1, 0.15) is 25.2 Å². The lowest BCUT2D eigenvalue weighted by Crippen LogP contribution is -2.13. The van der Waals surface area contributed by atoms with Crippen LogP contribution in [0.25, 0.3) is 11.0 Å². The highest BCUT2D eigenvalue weighted by Gasteiger charge is 2.18. The van der Waals surface area contributed by atoms with E-state index >= 15 is 0 Å². The van der Waals surface area contributed by atoms with Crippen molar-refractivity contribution in [3.05, 3.63) is 28.0 Å². The van der Waals surface area contributed by atoms with E-state index in [2.05, 4.69) is 22.7 Å². The van der Waals surface area contributed by atoms with Crippen LogP contribution in [0.15, 0.2) is 12.1 Å². The highest BCUT2D eigenvalue weighted by molar-refractivity contribution is 7.98. The summed E-state index contributed by atoms with van der Waals surface area (Å²) in [6.45, 7) is 2.17. The molecule has 0 saturated heterocycles. The Morgan fingerprint density at radius 1 is 1.32 bits per heavy atom. The normalized spacial score (nSPS) is 13.1. The lowest BCUT2D eigenvalue weighted by atomic mass is 10.2. The number of imidazole rings is 1. The molecule has 0 fully saturated rings. The molecule has 104 valence electrons. The number of aromatic nitrogens is 2. The third-order valence-electron chi connectivity index (χ3n) is 3.12. The summed E-state index contributed by atoms with van der Waals surface area (Å²) in [5.74, 6) is 2.27. The van der Waals surface area contributed by atoms with Crippen LogP contribution >= 0.6 is 46.6 Å². The Balaban J connectivity index is 2.65. The van der Waals surface area contributed by atoms with E-state index in [0.29, 0.717) is 22.0 Å². The molecular weight excluding hydrogens is 323 g/mol. The maximum Gasteiger partial charge on any atom is 0.125 e. The molecule has 0 amide bonds. The van der Waals surface area contributed by atoms with Gasteiger partial charge in [-0.3, -0.25) is 0 Å². The van der Waals surface area contributed by atoms with E-state index in [0.717, 1.165) is 29.0 Å². The number of rotatable bonds is 5. The van der Waals surface area contributed by atoms with Crippen molar-refractivity contribution >= 4 is 57.6 Å². The lowest BCUT2D eigenvalue weighted by molar-refractivity contribution is 0.538. The molecule has 2 rings (SSSR count). The van der Waals surface area contributed by atoms with Crippen molar-refractivity contribution in [2.75, 3.05) is 12.0 Å². The molecule has 2 aromatic rings. The van der Waals surface area contributed by atoms with Crippen LogP contribution in [0.2, 0.25) is 10.0 Å². The molecule has 0 bridgehead atoms. The maximum absolute atomic E-state index is 6.13. The Bertz CT molecular complexity index is 583. The average molecular weight is 338 g/mol. The fourth-order valence-corrected chi connectivity index (χ4v) is 3.48. The molecule has 0 N–H and O–H groups in total. The molecule has 0 aliphatic heterocycles. The Kier molecular flexibility index (Phi) is 5.29. The lowest BCUT2D eigenvalue weighted by Gasteiger charge is -2.19. The van der Waals surface area contributed by atoms with Gasteiger partial charge in [-0.25, -0.2) is 4.98 Å². The van der Waals surface area contributed by atoms with Crippen molar-refractivity contribution in [2.45, 2.75) is 25.3 Å². The number of hydrogen-bond acceptors (Lipinski definition) is 2. The predicted octanol–water partition coefficient (Wildman–Crippen LogP) is 5.40. The number of hydrogen-bond donors (Lipinski definition) is 0. The van der Waals surface area contributed by atoms with Gasteiger partial charge in [-0.05, 0) is 24.8 Å². The van der Waals surface area contributed by atoms with E-state index in [1.165, 1.54) is 0 Å². The molecule has 6 heteroatoms. The van der Waals surface area contributed by atoms with Gasteiger partial charge in [-0.15, -0.1) is 11.6 Å². The number of fused-ring (bicyclic) bond motifs is 1. The van der Waals surface area contributed by atoms with Gasteiger partial charge in [0.05, 0.1) is 27.0 Å². The van der Waals surface area contributed by atoms with E-state index in [1.54, 1.807) is 6.07 Å². The summed E-state index contributed by atoms with van der Waals surface area (Å²) in [5, 5.41) is 1.08. The smallest absolute Gasteiger partial charge is 0.125 e. The van der Waals surface area contributed by atoms with Crippen LogP contribution in [-0.2, 0) is 5.88 Å². The summed E-state index contributed by atoms with van der Waals surface area (Å²) in [6, 6.07) is 4.05. The van der Waals surface area contributed by atoms with Gasteiger partial charge in [0, 0.05) is 11.8 Å². The molecule has 1 aromatic carbocycles. The Labute approximate surface area is 132 Å². The van der Waals surface area contributed by atoms with Gasteiger partial charge in [0.25, 0.3) is 0 Å². The molecule has 0 spiro atoms. The van der Waals surface area contributed by atoms with Crippen LogP contribution in [-0.4, -0.2) is 21.6 Å². The van der Waals surface area contributed by atoms with E-state index in [9.17, 15) is 0 Å². The van der Waals surface area contributed by atoms with Crippen LogP contribution in [0.5, 0.6) is 0 Å². The van der Waals surface area contributed by atoms with Crippen LogP contribution in [0, 0.1) is 0 Å². The minimum atomic E-state index is 0.367. The van der Waals surface area contributed by atoms with Crippen molar-refractivity contribution in [1.82, 2.24) is 9.55 Å². The molecule has 1 aromatic heterocycles. The van der Waals surface area contributed by atoms with Crippen molar-refractivity contribution < 1.29 is 0 Å². The summed E-state index contributed by atoms with van der Waals surface area (Å²) < 4.78 is 2.20. The minimum absolute atomic E-state index is 0.367. The largest absolute Gasteiger partial charge is 0.323 e. The molecule has 0 aliphatic carbocycles. The Hall–Kier alpha value is -0.0900. The second-order valence-electron chi connectivity index (χ2n) is 4.30. The SMILES string of the molecule is CCC(CSC)n1c(CCl)nc2cc(Cl)c(Cl)cc21. The van der Waals surface area contributed by atoms with Gasteiger partial charge < -0.3 is 4.57 Å². The molecule has 1 heterocycles. The fraction of sp³-hybridized carbons (Fsp3) is 0.462. The summed E-state index contributed by atoms with van der Waals surface area (Å²) in [4.78, 5) is 4.56. The molecule has 0 radical (unpaired) electrons. The van der Waals surface area contributed by atoms with E-state index in [-0.39, 0.29) is 0 Å². The van der Waals surface area contributed by atoms with Gasteiger partial charge in [0.1, 0.15) is 5.82 Å². The zero-order valence-corrected chi connectivity index (χ0v) is 13.9. The quantitative estimate of drug-likeness (QED) is 0.680. The first kappa shape index (κ1) is 15.3. The van der Waals surface area contributed by atoms with Crippen molar-refractivity contribution in [3.8, 4) is 0 Å². The molecule has 0 saturated carbocycles. The second kappa shape index (κ2) is 6.57. The molecule has 19 heavy (non-hydrogen) atoms. The number of nitrogens with zero attached hydrogens (tertiary/aromatic N) is 2. The summed E-state index contributed by atoms with van der Waals surface area (Å²) in [5.41, 5.74) is 1.86. The molecule has 1 unspecified atom stereocenters. The zero-order valence-electron chi connectivity index (χ0n) is 10.8. The van der Waals surface area contributed by atoms with Crippen LogP contribution < -0.4 is 0 Å². The van der Waals surface area contributed by atoms with E-state index < -0.39 is 0 Å². The average Bonchev–Trinajstić information content (AvgIpc) is 2.74. The number of benzene rings is 1. The highest BCUT2D eigenvalue weighted by Crippen LogP contribution is 2.32. The van der Waals surface area contributed by atoms with Gasteiger partial charge >= 0.3 is 0 Å². The summed E-state index contributed by atoms with van der Waals surface area (Å²) >= 11 is 20.0.